The lowest BCUT2D eigenvalue weighted by Crippen LogP contribution is -2.37. The molecule has 1 amide bonds. The number of hydrogen-bond donors (Lipinski definition) is 4. The van der Waals surface area contributed by atoms with Crippen LogP contribution in [0.5, 0.6) is 11.5 Å². The highest BCUT2D eigenvalue weighted by atomic mass is 16.7. The summed E-state index contributed by atoms with van der Waals surface area (Å²) >= 11 is 0. The highest BCUT2D eigenvalue weighted by Gasteiger charge is 2.27. The van der Waals surface area contributed by atoms with Crippen LogP contribution >= 0.6 is 0 Å². The van der Waals surface area contributed by atoms with E-state index in [-0.39, 0.29) is 24.2 Å². The normalized spacial score (nSPS) is 11.9. The average Bonchev–Trinajstić information content (AvgIpc) is 2.74. The first-order valence-corrected chi connectivity index (χ1v) is 10.1. The number of carbonyl (C=O) groups excluding carboxylic acids is 2. The summed E-state index contributed by atoms with van der Waals surface area (Å²) < 4.78 is 10.5. The van der Waals surface area contributed by atoms with Crippen LogP contribution in [0.3, 0.4) is 0 Å². The summed E-state index contributed by atoms with van der Waals surface area (Å²) in [5.41, 5.74) is 1.95. The van der Waals surface area contributed by atoms with Gasteiger partial charge in [-0.1, -0.05) is 36.4 Å². The molecule has 0 saturated carbocycles. The third-order valence-corrected chi connectivity index (χ3v) is 4.35. The number of hydroxylamine groups is 1. The Labute approximate surface area is 191 Å². The summed E-state index contributed by atoms with van der Waals surface area (Å²) in [6.45, 7) is 4.89. The molecule has 0 aliphatic heterocycles. The van der Waals surface area contributed by atoms with Gasteiger partial charge in [-0.15, -0.1) is 0 Å². The van der Waals surface area contributed by atoms with E-state index in [0.29, 0.717) is 0 Å². The Morgan fingerprint density at radius 1 is 1.06 bits per heavy atom. The van der Waals surface area contributed by atoms with Gasteiger partial charge >= 0.3 is 18.0 Å². The van der Waals surface area contributed by atoms with Gasteiger partial charge in [-0.3, -0.25) is 4.79 Å². The Balaban J connectivity index is 2.37. The fourth-order valence-corrected chi connectivity index (χ4v) is 2.83. The molecular formula is C23H28N2O8. The van der Waals surface area contributed by atoms with Crippen LogP contribution in [0.4, 0.5) is 4.79 Å². The van der Waals surface area contributed by atoms with Crippen LogP contribution in [0.1, 0.15) is 42.3 Å². The van der Waals surface area contributed by atoms with Crippen LogP contribution in [0.15, 0.2) is 42.5 Å². The van der Waals surface area contributed by atoms with Gasteiger partial charge in [0.05, 0.1) is 0 Å². The zero-order valence-electron chi connectivity index (χ0n) is 18.9. The first kappa shape index (κ1) is 25.5. The molecule has 2 aromatic rings. The van der Waals surface area contributed by atoms with Gasteiger partial charge in [0, 0.05) is 0 Å². The quantitative estimate of drug-likeness (QED) is 0.328. The molecule has 0 aliphatic rings. The third kappa shape index (κ3) is 7.69. The van der Waals surface area contributed by atoms with E-state index < -0.39 is 41.2 Å². The number of carbonyl (C=O) groups is 3. The molecule has 10 nitrogen and oxygen atoms in total. The smallest absolute Gasteiger partial charge is 0.441 e. The average molecular weight is 460 g/mol. The first-order chi connectivity index (χ1) is 15.5. The number of aliphatic carboxylic acids is 1. The summed E-state index contributed by atoms with van der Waals surface area (Å²) in [4.78, 5) is 41.7. The molecule has 2 rings (SSSR count). The zero-order valence-corrected chi connectivity index (χ0v) is 18.9. The Kier molecular flexibility index (Phi) is 8.63. The summed E-state index contributed by atoms with van der Waals surface area (Å²) in [7, 11) is 1.47. The lowest BCUT2D eigenvalue weighted by atomic mass is 9.98. The standard InChI is InChI=1S/C23H28N2O8/c1-23(2,3)32-22(30)25-33-19-17(26)11-10-15(12-16(24-4)20(27)28)18(19)21(29)31-13-14-8-6-5-7-9-14/h5-11,16,24,26H,12-13H2,1-4H3,(H,25,30)(H,27,28)/t16-/m0/s1. The first-order valence-electron chi connectivity index (χ1n) is 10.1. The number of benzene rings is 2. The Bertz CT molecular complexity index is 986. The minimum Gasteiger partial charge on any atom is -0.504 e. The third-order valence-electron chi connectivity index (χ3n) is 4.35. The zero-order chi connectivity index (χ0) is 24.6. The van der Waals surface area contributed by atoms with Crippen LogP contribution < -0.4 is 15.6 Å². The molecule has 0 aromatic heterocycles. The molecule has 0 bridgehead atoms. The van der Waals surface area contributed by atoms with Gasteiger partial charge in [0.1, 0.15) is 23.8 Å². The van der Waals surface area contributed by atoms with Crippen molar-refractivity contribution in [3.63, 3.8) is 0 Å². The van der Waals surface area contributed by atoms with Crippen molar-refractivity contribution < 1.29 is 38.9 Å². The summed E-state index contributed by atoms with van der Waals surface area (Å²) in [5, 5.41) is 22.4. The SMILES string of the molecule is CN[C@@H](Cc1ccc(O)c(ONC(=O)OC(C)(C)C)c1C(=O)OCc1ccccc1)C(=O)O. The number of rotatable bonds is 9. The van der Waals surface area contributed by atoms with Crippen molar-refractivity contribution >= 4 is 18.0 Å². The number of carboxylic acids is 1. The largest absolute Gasteiger partial charge is 0.504 e. The fourth-order valence-electron chi connectivity index (χ4n) is 2.83. The van der Waals surface area contributed by atoms with Gasteiger partial charge < -0.3 is 29.8 Å². The predicted octanol–water partition coefficient (Wildman–Crippen LogP) is 2.78. The molecule has 0 saturated heterocycles. The van der Waals surface area contributed by atoms with E-state index in [1.807, 2.05) is 11.5 Å². The highest BCUT2D eigenvalue weighted by Crippen LogP contribution is 2.34. The van der Waals surface area contributed by atoms with Crippen molar-refractivity contribution in [2.45, 2.75) is 45.4 Å². The Morgan fingerprint density at radius 2 is 1.73 bits per heavy atom. The van der Waals surface area contributed by atoms with E-state index >= 15 is 0 Å². The van der Waals surface area contributed by atoms with Gasteiger partial charge in [0.15, 0.2) is 5.75 Å². The molecule has 2 aromatic carbocycles. The van der Waals surface area contributed by atoms with E-state index in [0.717, 1.165) is 5.56 Å². The van der Waals surface area contributed by atoms with Gasteiger partial charge in [-0.25, -0.2) is 9.59 Å². The maximum absolute atomic E-state index is 13.0. The van der Waals surface area contributed by atoms with Crippen LogP contribution in [0.2, 0.25) is 0 Å². The molecule has 1 atom stereocenters. The highest BCUT2D eigenvalue weighted by molar-refractivity contribution is 5.95. The van der Waals surface area contributed by atoms with E-state index in [1.165, 1.54) is 19.2 Å². The maximum Gasteiger partial charge on any atom is 0.441 e. The van der Waals surface area contributed by atoms with Crippen LogP contribution in [0.25, 0.3) is 0 Å². The number of phenolic OH excluding ortho intramolecular Hbond substituents is 1. The van der Waals surface area contributed by atoms with Crippen LogP contribution in [-0.2, 0) is 27.3 Å². The van der Waals surface area contributed by atoms with Crippen molar-refractivity contribution in [1.82, 2.24) is 10.8 Å². The molecule has 4 N–H and O–H groups in total. The fraction of sp³-hybridized carbons (Fsp3) is 0.348. The number of nitrogens with one attached hydrogen (secondary N) is 2. The molecule has 0 unspecified atom stereocenters. The molecular weight excluding hydrogens is 432 g/mol. The van der Waals surface area contributed by atoms with Crippen LogP contribution in [-0.4, -0.2) is 46.9 Å². The molecule has 0 fully saturated rings. The van der Waals surface area contributed by atoms with Gasteiger partial charge in [0.25, 0.3) is 0 Å². The van der Waals surface area contributed by atoms with Crippen molar-refractivity contribution in [2.75, 3.05) is 7.05 Å². The maximum atomic E-state index is 13.0. The monoisotopic (exact) mass is 460 g/mol. The second-order valence-electron chi connectivity index (χ2n) is 8.10. The Morgan fingerprint density at radius 3 is 2.30 bits per heavy atom. The number of likely N-dealkylation sites (N-methyl/N-ethyl adjacent to an activating group) is 1. The molecule has 0 heterocycles. The minimum absolute atomic E-state index is 0.0674. The number of aromatic hydroxyl groups is 1. The van der Waals surface area contributed by atoms with E-state index in [4.69, 9.17) is 14.3 Å². The number of carboxylic acid groups (broad SMARTS) is 1. The van der Waals surface area contributed by atoms with Crippen LogP contribution in [0, 0.1) is 0 Å². The topological polar surface area (TPSA) is 143 Å². The predicted molar refractivity (Wildman–Crippen MR) is 118 cm³/mol. The van der Waals surface area contributed by atoms with Crippen molar-refractivity contribution in [3.05, 3.63) is 59.2 Å². The molecule has 10 heteroatoms. The lowest BCUT2D eigenvalue weighted by molar-refractivity contribution is -0.139. The molecule has 0 aliphatic carbocycles. The molecule has 33 heavy (non-hydrogen) atoms. The van der Waals surface area contributed by atoms with Crippen molar-refractivity contribution in [3.8, 4) is 11.5 Å². The Hall–Kier alpha value is -3.79. The summed E-state index contributed by atoms with van der Waals surface area (Å²) in [6.07, 6.45) is -1.07. The number of ether oxygens (including phenoxy) is 2. The van der Waals surface area contributed by atoms with Crippen molar-refractivity contribution in [2.24, 2.45) is 0 Å². The molecule has 0 spiro atoms. The number of esters is 1. The van der Waals surface area contributed by atoms with Crippen molar-refractivity contribution in [1.29, 1.82) is 0 Å². The van der Waals surface area contributed by atoms with E-state index in [1.54, 1.807) is 45.0 Å². The molecule has 178 valence electrons. The van der Waals surface area contributed by atoms with E-state index in [2.05, 4.69) is 5.32 Å². The second-order valence-corrected chi connectivity index (χ2v) is 8.10. The molecule has 0 radical (unpaired) electrons. The van der Waals surface area contributed by atoms with Gasteiger partial charge in [0.2, 0.25) is 5.75 Å². The number of hydrogen-bond acceptors (Lipinski definition) is 8. The van der Waals surface area contributed by atoms with Gasteiger partial charge in [-0.2, -0.15) is 5.48 Å². The number of phenols is 1. The lowest BCUT2D eigenvalue weighted by Gasteiger charge is -2.21. The minimum atomic E-state index is -1.14. The van der Waals surface area contributed by atoms with E-state index in [9.17, 15) is 24.6 Å². The van der Waals surface area contributed by atoms with Gasteiger partial charge in [-0.05, 0) is 51.4 Å². The summed E-state index contributed by atoms with van der Waals surface area (Å²) in [5.74, 6) is -2.86. The number of amides is 1. The summed E-state index contributed by atoms with van der Waals surface area (Å²) in [6, 6.07) is 10.5. The second kappa shape index (κ2) is 11.2.